The van der Waals surface area contributed by atoms with E-state index in [1.165, 1.54) is 24.3 Å². The summed E-state index contributed by atoms with van der Waals surface area (Å²) in [7, 11) is 0. The Balaban J connectivity index is 3.26. The lowest BCUT2D eigenvalue weighted by atomic mass is 10.2. The van der Waals surface area contributed by atoms with Gasteiger partial charge in [0.25, 0.3) is 0 Å². The van der Waals surface area contributed by atoms with Gasteiger partial charge >= 0.3 is 5.97 Å². The van der Waals surface area contributed by atoms with E-state index in [4.69, 9.17) is 38.8 Å². The van der Waals surface area contributed by atoms with Gasteiger partial charge in [-0.2, -0.15) is 15.6 Å². The minimum atomic E-state index is -1.27. The first-order valence-electron chi connectivity index (χ1n) is 4.35. The number of carboxylic acid groups (broad SMARTS) is 1. The van der Waals surface area contributed by atoms with Crippen LogP contribution in [0.2, 0.25) is 10.0 Å². The molecule has 0 aromatic heterocycles. The van der Waals surface area contributed by atoms with Crippen molar-refractivity contribution in [1.82, 2.24) is 0 Å². The maximum atomic E-state index is 11.0. The lowest BCUT2D eigenvalue weighted by Crippen LogP contribution is -2.05. The van der Waals surface area contributed by atoms with Gasteiger partial charge in [0.2, 0.25) is 5.71 Å². The molecule has 8 heteroatoms. The second-order valence-electron chi connectivity index (χ2n) is 2.91. The van der Waals surface area contributed by atoms with Crippen molar-refractivity contribution in [3.05, 3.63) is 27.7 Å². The monoisotopic (exact) mass is 282 g/mol. The first-order chi connectivity index (χ1) is 8.49. The highest BCUT2D eigenvalue weighted by Crippen LogP contribution is 2.30. The summed E-state index contributed by atoms with van der Waals surface area (Å²) in [4.78, 5) is 11.0. The van der Waals surface area contributed by atoms with Crippen LogP contribution in [0, 0.1) is 22.7 Å². The van der Waals surface area contributed by atoms with Gasteiger partial charge in [0.1, 0.15) is 12.1 Å². The summed E-state index contributed by atoms with van der Waals surface area (Å²) in [6.45, 7) is 0. The van der Waals surface area contributed by atoms with E-state index < -0.39 is 11.7 Å². The quantitative estimate of drug-likeness (QED) is 0.654. The first kappa shape index (κ1) is 13.8. The van der Waals surface area contributed by atoms with E-state index in [1.807, 2.05) is 0 Å². The molecule has 0 spiro atoms. The number of hydrazone groups is 1. The second kappa shape index (κ2) is 5.87. The van der Waals surface area contributed by atoms with E-state index in [0.717, 1.165) is 0 Å². The van der Waals surface area contributed by atoms with Crippen molar-refractivity contribution in [2.45, 2.75) is 0 Å². The zero-order valence-corrected chi connectivity index (χ0v) is 10.1. The average molecular weight is 283 g/mol. The maximum Gasteiger partial charge on any atom is 0.337 e. The molecular weight excluding hydrogens is 279 g/mol. The predicted octanol–water partition coefficient (Wildman–Crippen LogP) is 2.51. The molecule has 1 rings (SSSR count). The number of carbonyl (C=O) groups is 1. The smallest absolute Gasteiger partial charge is 0.337 e. The van der Waals surface area contributed by atoms with Crippen LogP contribution in [0.1, 0.15) is 10.4 Å². The van der Waals surface area contributed by atoms with Gasteiger partial charge in [0.05, 0.1) is 16.3 Å². The minimum Gasteiger partial charge on any atom is -0.478 e. The average Bonchev–Trinajstić information content (AvgIpc) is 2.31. The number of nitrogens with zero attached hydrogens (tertiary/aromatic N) is 3. The van der Waals surface area contributed by atoms with Gasteiger partial charge in [-0.25, -0.2) is 4.79 Å². The van der Waals surface area contributed by atoms with E-state index in [1.54, 1.807) is 0 Å². The lowest BCUT2D eigenvalue weighted by molar-refractivity contribution is 0.0698. The topological polar surface area (TPSA) is 109 Å². The molecule has 6 nitrogen and oxygen atoms in total. The summed E-state index contributed by atoms with van der Waals surface area (Å²) in [6, 6.07) is 5.51. The van der Waals surface area contributed by atoms with Crippen molar-refractivity contribution in [3.63, 3.8) is 0 Å². The molecule has 0 aliphatic carbocycles. The van der Waals surface area contributed by atoms with Gasteiger partial charge < -0.3 is 5.11 Å². The minimum absolute atomic E-state index is 0.0129. The maximum absolute atomic E-state index is 11.0. The van der Waals surface area contributed by atoms with E-state index in [-0.39, 0.29) is 21.3 Å². The van der Waals surface area contributed by atoms with Crippen molar-refractivity contribution < 1.29 is 9.90 Å². The van der Waals surface area contributed by atoms with Crippen LogP contribution in [0.25, 0.3) is 0 Å². The van der Waals surface area contributed by atoms with E-state index in [0.29, 0.717) is 0 Å². The molecular formula is C10H4Cl2N4O2. The number of nitriles is 2. The molecule has 0 amide bonds. The van der Waals surface area contributed by atoms with Crippen LogP contribution in [0.3, 0.4) is 0 Å². The standard InChI is InChI=1S/C10H4Cl2N4O2/c11-5-1-7(10(17)18)9(8(12)2-5)16-15-6(3-13)4-14/h1-2,16H,(H,17,18). The number of benzene rings is 1. The molecule has 0 unspecified atom stereocenters. The van der Waals surface area contributed by atoms with Crippen LogP contribution < -0.4 is 5.43 Å². The Morgan fingerprint density at radius 3 is 2.44 bits per heavy atom. The number of hydrogen-bond acceptors (Lipinski definition) is 5. The summed E-state index contributed by atoms with van der Waals surface area (Å²) in [5.74, 6) is -1.27. The number of carboxylic acids is 1. The van der Waals surface area contributed by atoms with Crippen molar-refractivity contribution >= 4 is 40.6 Å². The highest BCUT2D eigenvalue weighted by molar-refractivity contribution is 6.37. The molecule has 0 bridgehead atoms. The highest BCUT2D eigenvalue weighted by Gasteiger charge is 2.15. The summed E-state index contributed by atoms with van der Waals surface area (Å²) >= 11 is 11.5. The van der Waals surface area contributed by atoms with Gasteiger partial charge in [-0.15, -0.1) is 0 Å². The highest BCUT2D eigenvalue weighted by atomic mass is 35.5. The van der Waals surface area contributed by atoms with Crippen LogP contribution in [-0.4, -0.2) is 16.8 Å². The third-order valence-electron chi connectivity index (χ3n) is 1.78. The van der Waals surface area contributed by atoms with Crippen LogP contribution in [0.5, 0.6) is 0 Å². The fourth-order valence-electron chi connectivity index (χ4n) is 1.04. The van der Waals surface area contributed by atoms with Crippen molar-refractivity contribution in [2.75, 3.05) is 5.43 Å². The van der Waals surface area contributed by atoms with Crippen LogP contribution in [-0.2, 0) is 0 Å². The number of aromatic carboxylic acids is 1. The molecule has 0 heterocycles. The van der Waals surface area contributed by atoms with Crippen LogP contribution in [0.4, 0.5) is 5.69 Å². The molecule has 0 aliphatic heterocycles. The Kier molecular flexibility index (Phi) is 4.50. The molecule has 0 saturated carbocycles. The Labute approximate surface area is 112 Å². The molecule has 0 fully saturated rings. The van der Waals surface area contributed by atoms with Gasteiger partial charge in [0, 0.05) is 5.02 Å². The van der Waals surface area contributed by atoms with Gasteiger partial charge in [-0.3, -0.25) is 5.43 Å². The van der Waals surface area contributed by atoms with Gasteiger partial charge in [-0.05, 0) is 12.1 Å². The number of halogens is 2. The van der Waals surface area contributed by atoms with Crippen LogP contribution in [0.15, 0.2) is 17.2 Å². The molecule has 0 aliphatic rings. The molecule has 0 atom stereocenters. The molecule has 2 N–H and O–H groups in total. The van der Waals surface area contributed by atoms with Crippen molar-refractivity contribution in [3.8, 4) is 12.1 Å². The van der Waals surface area contributed by atoms with Gasteiger partial charge in [0.15, 0.2) is 0 Å². The summed E-state index contributed by atoms with van der Waals surface area (Å²) in [5, 5.41) is 29.5. The zero-order chi connectivity index (χ0) is 13.7. The SMILES string of the molecule is N#CC(C#N)=NNc1c(Cl)cc(Cl)cc1C(=O)O. The molecule has 0 saturated heterocycles. The van der Waals surface area contributed by atoms with E-state index in [2.05, 4.69) is 10.5 Å². The van der Waals surface area contributed by atoms with Crippen molar-refractivity contribution in [2.24, 2.45) is 5.10 Å². The first-order valence-corrected chi connectivity index (χ1v) is 5.11. The van der Waals surface area contributed by atoms with E-state index >= 15 is 0 Å². The zero-order valence-electron chi connectivity index (χ0n) is 8.61. The fraction of sp³-hybridized carbons (Fsp3) is 0. The Morgan fingerprint density at radius 2 is 1.94 bits per heavy atom. The summed E-state index contributed by atoms with van der Waals surface area (Å²) in [5.41, 5.74) is 1.54. The predicted molar refractivity (Wildman–Crippen MR) is 65.7 cm³/mol. The van der Waals surface area contributed by atoms with Crippen molar-refractivity contribution in [1.29, 1.82) is 10.5 Å². The largest absolute Gasteiger partial charge is 0.478 e. The Bertz CT molecular complexity index is 598. The Morgan fingerprint density at radius 1 is 1.33 bits per heavy atom. The third-order valence-corrected chi connectivity index (χ3v) is 2.29. The number of anilines is 1. The fourth-order valence-corrected chi connectivity index (χ4v) is 1.58. The number of rotatable bonds is 3. The third kappa shape index (κ3) is 3.11. The van der Waals surface area contributed by atoms with Gasteiger partial charge in [-0.1, -0.05) is 23.2 Å². The molecule has 1 aromatic rings. The molecule has 1 aromatic carbocycles. The summed E-state index contributed by atoms with van der Waals surface area (Å²) < 4.78 is 0. The van der Waals surface area contributed by atoms with E-state index in [9.17, 15) is 4.79 Å². The number of nitrogens with one attached hydrogen (secondary N) is 1. The second-order valence-corrected chi connectivity index (χ2v) is 3.75. The number of hydrogen-bond donors (Lipinski definition) is 2. The summed E-state index contributed by atoms with van der Waals surface area (Å²) in [6.07, 6.45) is 0. The van der Waals surface area contributed by atoms with Crippen LogP contribution >= 0.6 is 23.2 Å². The lowest BCUT2D eigenvalue weighted by Gasteiger charge is -2.07. The Hall–Kier alpha value is -2.28. The molecule has 90 valence electrons. The molecule has 18 heavy (non-hydrogen) atoms. The normalized spacial score (nSPS) is 8.89. The molecule has 0 radical (unpaired) electrons.